The zero-order chi connectivity index (χ0) is 23.2. The predicted octanol–water partition coefficient (Wildman–Crippen LogP) is 4.20. The zero-order valence-electron chi connectivity index (χ0n) is 19.1. The van der Waals surface area contributed by atoms with Gasteiger partial charge in [-0.2, -0.15) is 0 Å². The minimum absolute atomic E-state index is 0.511. The molecule has 1 aliphatic rings. The third-order valence-corrected chi connectivity index (χ3v) is 5.59. The lowest BCUT2D eigenvalue weighted by Crippen LogP contribution is -2.23. The fourth-order valence-electron chi connectivity index (χ4n) is 3.74. The molecule has 33 heavy (non-hydrogen) atoms. The maximum absolute atomic E-state index is 6.73. The van der Waals surface area contributed by atoms with Gasteiger partial charge in [0.1, 0.15) is 0 Å². The van der Waals surface area contributed by atoms with Gasteiger partial charge >= 0.3 is 0 Å². The lowest BCUT2D eigenvalue weighted by Gasteiger charge is -2.27. The number of aromatic nitrogens is 2. The van der Waals surface area contributed by atoms with Gasteiger partial charge in [-0.3, -0.25) is 0 Å². The van der Waals surface area contributed by atoms with Crippen LogP contribution < -0.4 is 16.8 Å². The fourth-order valence-corrected chi connectivity index (χ4v) is 3.74. The molecule has 5 N–H and O–H groups in total. The maximum Gasteiger partial charge on any atom is 0.223 e. The monoisotopic (exact) mass is 438 g/mol. The molecule has 1 aromatic heterocycles. The van der Waals surface area contributed by atoms with Crippen molar-refractivity contribution in [3.05, 3.63) is 113 Å². The first-order valence-corrected chi connectivity index (χ1v) is 11.1. The largest absolute Gasteiger partial charge is 0.396 e. The van der Waals surface area contributed by atoms with Crippen molar-refractivity contribution in [2.24, 2.45) is 11.5 Å². The molecular weight excluding hydrogens is 408 g/mol. The number of nitrogens with two attached hydrogens (primary N) is 2. The molecule has 0 amide bonds. The molecule has 0 unspecified atom stereocenters. The smallest absolute Gasteiger partial charge is 0.223 e. The van der Waals surface area contributed by atoms with E-state index in [9.17, 15) is 0 Å². The molecule has 3 aromatic rings. The van der Waals surface area contributed by atoms with Crippen LogP contribution >= 0.6 is 0 Å². The molecule has 0 bridgehead atoms. The Morgan fingerprint density at radius 2 is 1.88 bits per heavy atom. The van der Waals surface area contributed by atoms with E-state index in [1.807, 2.05) is 30.5 Å². The summed E-state index contributed by atoms with van der Waals surface area (Å²) in [6, 6.07) is 18.5. The minimum atomic E-state index is 0.511. The standard InChI is InChI=1S/C27H30N6/c1-19-6-8-23(9-7-19)25(29)26(33-14-11-21(17-28)12-15-33)24-10-13-30-27(32-24)31-18-22-5-3-4-20(2)16-22/h3-14,16H,15,17-18,28-29H2,1-2H3,(H,30,31,32)/b26-25-. The molecule has 0 atom stereocenters. The van der Waals surface area contributed by atoms with Gasteiger partial charge in [0, 0.05) is 32.0 Å². The van der Waals surface area contributed by atoms with Crippen LogP contribution in [-0.4, -0.2) is 28.0 Å². The SMILES string of the molecule is Cc1ccc(/C(N)=C(\c2ccnc(NCc3cccc(C)c3)n2)N2C=CC(CN)=CC2)cc1. The fraction of sp³-hybridized carbons (Fsp3) is 0.185. The molecule has 2 heterocycles. The van der Waals surface area contributed by atoms with Crippen LogP contribution in [0.15, 0.2) is 84.7 Å². The Bertz CT molecular complexity index is 1210. The topological polar surface area (TPSA) is 93.1 Å². The Labute approximate surface area is 195 Å². The number of benzene rings is 2. The van der Waals surface area contributed by atoms with Crippen molar-refractivity contribution in [1.82, 2.24) is 14.9 Å². The molecule has 0 radical (unpaired) electrons. The summed E-state index contributed by atoms with van der Waals surface area (Å²) in [6.45, 7) is 5.97. The van der Waals surface area contributed by atoms with Crippen LogP contribution in [0.5, 0.6) is 0 Å². The number of nitrogens with zero attached hydrogens (tertiary/aromatic N) is 3. The molecule has 6 nitrogen and oxygen atoms in total. The van der Waals surface area contributed by atoms with Crippen molar-refractivity contribution in [1.29, 1.82) is 0 Å². The normalized spacial score (nSPS) is 14.0. The molecular formula is C27H30N6. The Morgan fingerprint density at radius 3 is 2.58 bits per heavy atom. The van der Waals surface area contributed by atoms with Crippen LogP contribution in [-0.2, 0) is 6.54 Å². The Morgan fingerprint density at radius 1 is 1.06 bits per heavy atom. The van der Waals surface area contributed by atoms with Gasteiger partial charge in [0.25, 0.3) is 0 Å². The summed E-state index contributed by atoms with van der Waals surface area (Å²) in [4.78, 5) is 11.3. The van der Waals surface area contributed by atoms with Gasteiger partial charge in [-0.1, -0.05) is 65.7 Å². The number of hydrogen-bond donors (Lipinski definition) is 3. The first kappa shape index (κ1) is 22.3. The molecule has 0 saturated carbocycles. The van der Waals surface area contributed by atoms with Gasteiger partial charge < -0.3 is 21.7 Å². The van der Waals surface area contributed by atoms with Crippen molar-refractivity contribution >= 4 is 17.3 Å². The van der Waals surface area contributed by atoms with Crippen LogP contribution in [0.25, 0.3) is 11.4 Å². The van der Waals surface area contributed by atoms with E-state index in [-0.39, 0.29) is 0 Å². The van der Waals surface area contributed by atoms with E-state index >= 15 is 0 Å². The molecule has 4 rings (SSSR count). The van der Waals surface area contributed by atoms with E-state index in [4.69, 9.17) is 16.5 Å². The van der Waals surface area contributed by atoms with E-state index in [1.54, 1.807) is 6.20 Å². The lowest BCUT2D eigenvalue weighted by atomic mass is 10.1. The highest BCUT2D eigenvalue weighted by Crippen LogP contribution is 2.28. The highest BCUT2D eigenvalue weighted by Gasteiger charge is 2.18. The van der Waals surface area contributed by atoms with Gasteiger partial charge in [-0.25, -0.2) is 9.97 Å². The van der Waals surface area contributed by atoms with Crippen molar-refractivity contribution in [2.75, 3.05) is 18.4 Å². The first-order chi connectivity index (χ1) is 16.0. The second-order valence-electron chi connectivity index (χ2n) is 8.19. The molecule has 0 aliphatic carbocycles. The van der Waals surface area contributed by atoms with Gasteiger partial charge in [0.15, 0.2) is 0 Å². The number of nitrogens with one attached hydrogen (secondary N) is 1. The van der Waals surface area contributed by atoms with Crippen molar-refractivity contribution in [3.63, 3.8) is 0 Å². The average Bonchev–Trinajstić information content (AvgIpc) is 2.84. The van der Waals surface area contributed by atoms with Crippen molar-refractivity contribution < 1.29 is 0 Å². The van der Waals surface area contributed by atoms with Gasteiger partial charge in [-0.05, 0) is 42.7 Å². The minimum Gasteiger partial charge on any atom is -0.396 e. The quantitative estimate of drug-likeness (QED) is 0.512. The van der Waals surface area contributed by atoms with Crippen LogP contribution in [0.1, 0.15) is 27.9 Å². The van der Waals surface area contributed by atoms with Crippen LogP contribution in [0, 0.1) is 13.8 Å². The summed E-state index contributed by atoms with van der Waals surface area (Å²) >= 11 is 0. The summed E-state index contributed by atoms with van der Waals surface area (Å²) < 4.78 is 0. The zero-order valence-corrected chi connectivity index (χ0v) is 19.1. The van der Waals surface area contributed by atoms with Gasteiger partial charge in [0.05, 0.1) is 17.1 Å². The van der Waals surface area contributed by atoms with Crippen LogP contribution in [0.2, 0.25) is 0 Å². The van der Waals surface area contributed by atoms with E-state index in [2.05, 4.69) is 71.5 Å². The maximum atomic E-state index is 6.73. The molecule has 0 fully saturated rings. The number of hydrogen-bond acceptors (Lipinski definition) is 6. The molecule has 0 spiro atoms. The van der Waals surface area contributed by atoms with Gasteiger partial charge in [-0.15, -0.1) is 0 Å². The molecule has 2 aromatic carbocycles. The average molecular weight is 439 g/mol. The van der Waals surface area contributed by atoms with Crippen LogP contribution in [0.3, 0.4) is 0 Å². The van der Waals surface area contributed by atoms with Crippen molar-refractivity contribution in [3.8, 4) is 0 Å². The van der Waals surface area contributed by atoms with E-state index in [0.29, 0.717) is 31.3 Å². The summed E-state index contributed by atoms with van der Waals surface area (Å²) in [5.74, 6) is 0.558. The first-order valence-electron chi connectivity index (χ1n) is 11.1. The third kappa shape index (κ3) is 5.48. The van der Waals surface area contributed by atoms with E-state index in [0.717, 1.165) is 22.5 Å². The van der Waals surface area contributed by atoms with Crippen molar-refractivity contribution in [2.45, 2.75) is 20.4 Å². The highest BCUT2D eigenvalue weighted by atomic mass is 15.2. The molecule has 6 heteroatoms. The predicted molar refractivity (Wildman–Crippen MR) is 136 cm³/mol. The summed E-state index contributed by atoms with van der Waals surface area (Å²) in [5, 5.41) is 3.34. The molecule has 1 aliphatic heterocycles. The lowest BCUT2D eigenvalue weighted by molar-refractivity contribution is 0.580. The Kier molecular flexibility index (Phi) is 6.86. The highest BCUT2D eigenvalue weighted by molar-refractivity contribution is 5.88. The van der Waals surface area contributed by atoms with E-state index in [1.165, 1.54) is 16.7 Å². The molecule has 0 saturated heterocycles. The number of aryl methyl sites for hydroxylation is 2. The second kappa shape index (κ2) is 10.1. The Hall–Kier alpha value is -3.90. The summed E-state index contributed by atoms with van der Waals surface area (Å²) in [7, 11) is 0. The van der Waals surface area contributed by atoms with Crippen LogP contribution in [0.4, 0.5) is 5.95 Å². The number of rotatable bonds is 7. The summed E-state index contributed by atoms with van der Waals surface area (Å²) in [6.07, 6.45) is 7.91. The summed E-state index contributed by atoms with van der Waals surface area (Å²) in [5.41, 5.74) is 20.4. The third-order valence-electron chi connectivity index (χ3n) is 5.59. The molecule has 168 valence electrons. The Balaban J connectivity index is 1.68. The van der Waals surface area contributed by atoms with E-state index < -0.39 is 0 Å². The number of anilines is 1. The van der Waals surface area contributed by atoms with Gasteiger partial charge in [0.2, 0.25) is 5.95 Å². The second-order valence-corrected chi connectivity index (χ2v) is 8.19.